The van der Waals surface area contributed by atoms with E-state index in [9.17, 15) is 0 Å². The average Bonchev–Trinajstić information content (AvgIpc) is 3.56. The molecule has 264 valence electrons. The van der Waals surface area contributed by atoms with Crippen LogP contribution >= 0.6 is 11.3 Å². The highest BCUT2D eigenvalue weighted by Gasteiger charge is 2.18. The van der Waals surface area contributed by atoms with Crippen LogP contribution in [0.25, 0.3) is 97.4 Å². The summed E-state index contributed by atoms with van der Waals surface area (Å²) in [5, 5.41) is 7.24. The van der Waals surface area contributed by atoms with E-state index in [0.717, 1.165) is 33.1 Å². The van der Waals surface area contributed by atoms with Crippen molar-refractivity contribution in [1.82, 2.24) is 9.97 Å². The van der Waals surface area contributed by atoms with Crippen LogP contribution in [0, 0.1) is 41.5 Å². The Balaban J connectivity index is 1.21. The molecule has 2 nitrogen and oxygen atoms in total. The quantitative estimate of drug-likeness (QED) is 0.169. The van der Waals surface area contributed by atoms with Gasteiger partial charge in [0.15, 0.2) is 0 Å². The van der Waals surface area contributed by atoms with E-state index in [1.165, 1.54) is 97.7 Å². The lowest BCUT2D eigenvalue weighted by atomic mass is 9.89. The van der Waals surface area contributed by atoms with Crippen molar-refractivity contribution < 1.29 is 0 Å². The number of hydrogen-bond donors (Lipinski definition) is 0. The van der Waals surface area contributed by atoms with Crippen molar-refractivity contribution in [1.29, 1.82) is 0 Å². The minimum absolute atomic E-state index is 0.869. The molecule has 0 saturated carbocycles. The molecule has 10 rings (SSSR count). The summed E-state index contributed by atoms with van der Waals surface area (Å²) in [4.78, 5) is 10.8. The molecule has 0 fully saturated rings. The van der Waals surface area contributed by atoms with E-state index in [2.05, 4.69) is 169 Å². The Morgan fingerprint density at radius 1 is 0.418 bits per heavy atom. The van der Waals surface area contributed by atoms with Crippen LogP contribution in [0.1, 0.15) is 33.4 Å². The Hall–Kier alpha value is -6.16. The van der Waals surface area contributed by atoms with Gasteiger partial charge in [-0.2, -0.15) is 0 Å². The summed E-state index contributed by atoms with van der Waals surface area (Å²) in [7, 11) is 0. The van der Waals surface area contributed by atoms with Crippen molar-refractivity contribution in [2.24, 2.45) is 0 Å². The van der Waals surface area contributed by atoms with E-state index < -0.39 is 0 Å². The molecule has 3 heteroatoms. The van der Waals surface area contributed by atoms with Gasteiger partial charge in [0.2, 0.25) is 0 Å². The second kappa shape index (κ2) is 12.7. The molecule has 0 saturated heterocycles. The van der Waals surface area contributed by atoms with Gasteiger partial charge in [0, 0.05) is 36.5 Å². The fraction of sp³-hybridized carbons (Fsp3) is 0.115. The summed E-state index contributed by atoms with van der Waals surface area (Å²) in [6.07, 6.45) is 1.97. The minimum Gasteiger partial charge on any atom is -0.252 e. The molecule has 0 amide bonds. The molecule has 0 radical (unpaired) electrons. The lowest BCUT2D eigenvalue weighted by Crippen LogP contribution is -1.95. The van der Waals surface area contributed by atoms with Gasteiger partial charge in [-0.1, -0.05) is 114 Å². The van der Waals surface area contributed by atoms with Crippen molar-refractivity contribution in [3.8, 4) is 44.6 Å². The standard InChI is InChI=1S/C52H40N2S/c1-29-21-31(3)48(32(4)22-29)37-17-19-40-41-20-18-38(49-33(5)23-30(2)24-34(49)6)27-45(41)51-50(44(40)26-37)53-28-46(54-51)36-12-9-11-35(25-36)39-14-10-15-43-42-13-7-8-16-47(42)55-52(39)43/h7-28H,1-6H3. The molecule has 0 aliphatic heterocycles. The molecular weight excluding hydrogens is 685 g/mol. The van der Waals surface area contributed by atoms with Crippen LogP contribution in [0.2, 0.25) is 0 Å². The fourth-order valence-electron chi connectivity index (χ4n) is 9.27. The number of thiophene rings is 1. The Morgan fingerprint density at radius 3 is 1.64 bits per heavy atom. The smallest absolute Gasteiger partial charge is 0.0979 e. The summed E-state index contributed by atoms with van der Waals surface area (Å²) in [6.45, 7) is 13.2. The minimum atomic E-state index is 0.869. The number of nitrogens with zero attached hydrogens (tertiary/aromatic N) is 2. The molecule has 10 aromatic rings. The third kappa shape index (κ3) is 5.45. The number of hydrogen-bond acceptors (Lipinski definition) is 3. The fourth-order valence-corrected chi connectivity index (χ4v) is 10.5. The topological polar surface area (TPSA) is 25.8 Å². The lowest BCUT2D eigenvalue weighted by Gasteiger charge is -2.17. The van der Waals surface area contributed by atoms with Gasteiger partial charge in [-0.05, 0) is 132 Å². The van der Waals surface area contributed by atoms with Crippen LogP contribution < -0.4 is 0 Å². The molecule has 0 aliphatic carbocycles. The first-order chi connectivity index (χ1) is 26.7. The lowest BCUT2D eigenvalue weighted by molar-refractivity contribution is 1.31. The molecular formula is C52H40N2S. The first-order valence-electron chi connectivity index (χ1n) is 19.1. The number of aromatic nitrogens is 2. The Labute approximate surface area is 325 Å². The number of aryl methyl sites for hydroxylation is 6. The zero-order chi connectivity index (χ0) is 37.5. The van der Waals surface area contributed by atoms with Gasteiger partial charge in [-0.25, -0.2) is 4.98 Å². The molecule has 0 bridgehead atoms. The van der Waals surface area contributed by atoms with Crippen LogP contribution in [0.5, 0.6) is 0 Å². The molecule has 55 heavy (non-hydrogen) atoms. The summed E-state index contributed by atoms with van der Waals surface area (Å²) in [5.41, 5.74) is 18.9. The molecule has 8 aromatic carbocycles. The van der Waals surface area contributed by atoms with Gasteiger partial charge in [0.25, 0.3) is 0 Å². The molecule has 0 aliphatic rings. The highest BCUT2D eigenvalue weighted by atomic mass is 32.1. The maximum absolute atomic E-state index is 5.54. The van der Waals surface area contributed by atoms with Crippen molar-refractivity contribution >= 4 is 64.1 Å². The largest absolute Gasteiger partial charge is 0.252 e. The van der Waals surface area contributed by atoms with Gasteiger partial charge in [0.1, 0.15) is 0 Å². The maximum atomic E-state index is 5.54. The normalized spacial score (nSPS) is 11.8. The summed E-state index contributed by atoms with van der Waals surface area (Å²) in [5.74, 6) is 0. The second-order valence-corrected chi connectivity index (χ2v) is 16.4. The van der Waals surface area contributed by atoms with E-state index in [0.29, 0.717) is 0 Å². The van der Waals surface area contributed by atoms with E-state index in [1.54, 1.807) is 0 Å². The molecule has 0 unspecified atom stereocenters. The number of fused-ring (bicyclic) bond motifs is 9. The van der Waals surface area contributed by atoms with Crippen LogP contribution in [0.3, 0.4) is 0 Å². The first kappa shape index (κ1) is 33.4. The van der Waals surface area contributed by atoms with Crippen molar-refractivity contribution in [3.05, 3.63) is 167 Å². The van der Waals surface area contributed by atoms with Crippen molar-refractivity contribution in [2.45, 2.75) is 41.5 Å². The van der Waals surface area contributed by atoms with Gasteiger partial charge in [0.05, 0.1) is 22.9 Å². The van der Waals surface area contributed by atoms with Gasteiger partial charge >= 0.3 is 0 Å². The molecule has 0 spiro atoms. The zero-order valence-corrected chi connectivity index (χ0v) is 32.8. The SMILES string of the molecule is Cc1cc(C)c(-c2ccc3c4ccc(-c5c(C)cc(C)cc5C)cc4c4nc(-c5cccc(-c6cccc7c6sc6ccccc67)c5)cnc4c3c2)c(C)c1. The van der Waals surface area contributed by atoms with Gasteiger partial charge in [-0.3, -0.25) is 4.98 Å². The van der Waals surface area contributed by atoms with Crippen LogP contribution in [0.4, 0.5) is 0 Å². The summed E-state index contributed by atoms with van der Waals surface area (Å²) in [6, 6.07) is 47.2. The zero-order valence-electron chi connectivity index (χ0n) is 32.0. The van der Waals surface area contributed by atoms with E-state index in [1.807, 2.05) is 17.5 Å². The predicted molar refractivity (Wildman–Crippen MR) is 238 cm³/mol. The van der Waals surface area contributed by atoms with Crippen molar-refractivity contribution in [2.75, 3.05) is 0 Å². The number of benzene rings is 8. The summed E-state index contributed by atoms with van der Waals surface area (Å²) < 4.78 is 2.62. The second-order valence-electron chi connectivity index (χ2n) is 15.4. The Kier molecular flexibility index (Phi) is 7.73. The molecule has 2 aromatic heterocycles. The van der Waals surface area contributed by atoms with Crippen LogP contribution in [-0.2, 0) is 0 Å². The van der Waals surface area contributed by atoms with E-state index in [-0.39, 0.29) is 0 Å². The van der Waals surface area contributed by atoms with Crippen LogP contribution in [0.15, 0.2) is 134 Å². The highest BCUT2D eigenvalue weighted by molar-refractivity contribution is 7.26. The molecule has 0 atom stereocenters. The first-order valence-corrected chi connectivity index (χ1v) is 19.9. The van der Waals surface area contributed by atoms with E-state index in [4.69, 9.17) is 9.97 Å². The summed E-state index contributed by atoms with van der Waals surface area (Å²) >= 11 is 1.87. The predicted octanol–water partition coefficient (Wildman–Crippen LogP) is 14.8. The van der Waals surface area contributed by atoms with Crippen molar-refractivity contribution in [3.63, 3.8) is 0 Å². The third-order valence-corrected chi connectivity index (χ3v) is 12.6. The Morgan fingerprint density at radius 2 is 0.982 bits per heavy atom. The van der Waals surface area contributed by atoms with Gasteiger partial charge < -0.3 is 0 Å². The number of rotatable bonds is 4. The molecule has 2 heterocycles. The maximum Gasteiger partial charge on any atom is 0.0979 e. The van der Waals surface area contributed by atoms with Crippen LogP contribution in [-0.4, -0.2) is 9.97 Å². The Bertz CT molecular complexity index is 3170. The monoisotopic (exact) mass is 724 g/mol. The molecule has 0 N–H and O–H groups in total. The highest BCUT2D eigenvalue weighted by Crippen LogP contribution is 2.42. The van der Waals surface area contributed by atoms with Gasteiger partial charge in [-0.15, -0.1) is 11.3 Å². The van der Waals surface area contributed by atoms with E-state index >= 15 is 0 Å². The average molecular weight is 725 g/mol. The third-order valence-electron chi connectivity index (χ3n) is 11.4.